The number of nitrogens with zero attached hydrogens (tertiary/aromatic N) is 3. The van der Waals surface area contributed by atoms with Gasteiger partial charge in [-0.05, 0) is 37.4 Å². The number of hydrogen-bond acceptors (Lipinski definition) is 4. The molecule has 1 amide bonds. The minimum Gasteiger partial charge on any atom is -0.378 e. The summed E-state index contributed by atoms with van der Waals surface area (Å²) in [6.07, 6.45) is 6.25. The first-order valence-electron chi connectivity index (χ1n) is 9.04. The van der Waals surface area contributed by atoms with Gasteiger partial charge in [-0.3, -0.25) is 9.48 Å². The molecule has 0 unspecified atom stereocenters. The number of benzene rings is 1. The van der Waals surface area contributed by atoms with Crippen LogP contribution in [0.1, 0.15) is 35.2 Å². The maximum atomic E-state index is 12.7. The fraction of sp³-hybridized carbons (Fsp3) is 0.474. The van der Waals surface area contributed by atoms with Crippen LogP contribution in [0.4, 0.5) is 0 Å². The Balaban J connectivity index is 1.53. The van der Waals surface area contributed by atoms with Gasteiger partial charge in [0.2, 0.25) is 0 Å². The highest BCUT2D eigenvalue weighted by atomic mass is 35.5. The van der Waals surface area contributed by atoms with E-state index >= 15 is 0 Å². The van der Waals surface area contributed by atoms with Gasteiger partial charge < -0.3 is 15.4 Å². The van der Waals surface area contributed by atoms with Gasteiger partial charge in [0.25, 0.3) is 5.91 Å². The van der Waals surface area contributed by atoms with E-state index < -0.39 is 0 Å². The third kappa shape index (κ3) is 4.84. The lowest BCUT2D eigenvalue weighted by Gasteiger charge is -2.31. The number of likely N-dealkylation sites (tertiary alicyclic amines) is 1. The third-order valence-electron chi connectivity index (χ3n) is 4.60. The van der Waals surface area contributed by atoms with Crippen molar-refractivity contribution < 1.29 is 9.53 Å². The van der Waals surface area contributed by atoms with E-state index in [9.17, 15) is 4.79 Å². The molecule has 1 aromatic carbocycles. The smallest absolute Gasteiger partial charge is 0.257 e. The largest absolute Gasteiger partial charge is 0.378 e. The molecule has 1 aromatic heterocycles. The predicted molar refractivity (Wildman–Crippen MR) is 101 cm³/mol. The molecule has 3 rings (SSSR count). The number of nitrogens with two attached hydrogens (primary N) is 1. The summed E-state index contributed by atoms with van der Waals surface area (Å²) in [6, 6.07) is 7.65. The Labute approximate surface area is 158 Å². The number of aromatic nitrogens is 2. The zero-order valence-electron chi connectivity index (χ0n) is 14.8. The van der Waals surface area contributed by atoms with Gasteiger partial charge in [0.05, 0.1) is 24.4 Å². The summed E-state index contributed by atoms with van der Waals surface area (Å²) in [5, 5.41) is 5.01. The van der Waals surface area contributed by atoms with Crippen molar-refractivity contribution in [2.24, 2.45) is 5.73 Å². The Hall–Kier alpha value is -1.89. The summed E-state index contributed by atoms with van der Waals surface area (Å²) >= 11 is 6.19. The van der Waals surface area contributed by atoms with Crippen molar-refractivity contribution in [1.82, 2.24) is 14.7 Å². The molecule has 6 nitrogen and oxygen atoms in total. The molecule has 2 N–H and O–H groups in total. The summed E-state index contributed by atoms with van der Waals surface area (Å²) < 4.78 is 7.54. The van der Waals surface area contributed by atoms with Crippen LogP contribution in [0.5, 0.6) is 0 Å². The molecule has 26 heavy (non-hydrogen) atoms. The first kappa shape index (κ1) is 18.9. The highest BCUT2D eigenvalue weighted by Gasteiger charge is 2.24. The monoisotopic (exact) mass is 376 g/mol. The van der Waals surface area contributed by atoms with E-state index in [0.717, 1.165) is 24.8 Å². The summed E-state index contributed by atoms with van der Waals surface area (Å²) in [4.78, 5) is 14.6. The second kappa shape index (κ2) is 9.16. The topological polar surface area (TPSA) is 73.4 Å². The van der Waals surface area contributed by atoms with E-state index in [0.29, 0.717) is 43.4 Å². The Morgan fingerprint density at radius 3 is 2.81 bits per heavy atom. The zero-order chi connectivity index (χ0) is 18.4. The van der Waals surface area contributed by atoms with Crippen LogP contribution in [-0.4, -0.2) is 52.9 Å². The molecule has 2 aromatic rings. The molecular formula is C19H25ClN4O2. The van der Waals surface area contributed by atoms with Crippen molar-refractivity contribution in [3.05, 3.63) is 52.8 Å². The molecule has 0 radical (unpaired) electrons. The Morgan fingerprint density at radius 1 is 1.31 bits per heavy atom. The van der Waals surface area contributed by atoms with Gasteiger partial charge in [0, 0.05) is 30.9 Å². The van der Waals surface area contributed by atoms with Crippen molar-refractivity contribution in [3.8, 4) is 0 Å². The van der Waals surface area contributed by atoms with Gasteiger partial charge in [-0.1, -0.05) is 29.8 Å². The molecule has 1 aliphatic heterocycles. The Kier molecular flexibility index (Phi) is 6.66. The van der Waals surface area contributed by atoms with Crippen molar-refractivity contribution in [3.63, 3.8) is 0 Å². The van der Waals surface area contributed by atoms with E-state index in [1.807, 2.05) is 29.2 Å². The number of carbonyl (C=O) groups excluding carboxylic acids is 1. The number of halogens is 1. The van der Waals surface area contributed by atoms with Crippen molar-refractivity contribution in [2.45, 2.75) is 31.9 Å². The molecule has 1 aliphatic rings. The van der Waals surface area contributed by atoms with E-state index in [2.05, 4.69) is 5.10 Å². The lowest BCUT2D eigenvalue weighted by Crippen LogP contribution is -2.41. The highest BCUT2D eigenvalue weighted by molar-refractivity contribution is 6.31. The maximum absolute atomic E-state index is 12.7. The lowest BCUT2D eigenvalue weighted by molar-refractivity contribution is 0.00844. The fourth-order valence-corrected chi connectivity index (χ4v) is 3.30. The van der Waals surface area contributed by atoms with Crippen LogP contribution in [0.25, 0.3) is 0 Å². The molecule has 0 bridgehead atoms. The molecule has 0 spiro atoms. The van der Waals surface area contributed by atoms with Gasteiger partial charge in [-0.25, -0.2) is 0 Å². The molecule has 1 fully saturated rings. The van der Waals surface area contributed by atoms with Crippen LogP contribution >= 0.6 is 11.6 Å². The third-order valence-corrected chi connectivity index (χ3v) is 4.97. The van der Waals surface area contributed by atoms with Gasteiger partial charge in [0.1, 0.15) is 0 Å². The van der Waals surface area contributed by atoms with Crippen molar-refractivity contribution in [2.75, 3.05) is 26.2 Å². The Bertz CT molecular complexity index is 726. The predicted octanol–water partition coefficient (Wildman–Crippen LogP) is 2.55. The summed E-state index contributed by atoms with van der Waals surface area (Å²) in [6.45, 7) is 3.31. The standard InChI is InChI=1S/C19H25ClN4O2/c20-18-5-2-1-4-15(18)13-24-14-16(12-22-24)19(25)23-9-6-17(7-10-23)26-11-3-8-21/h1-2,4-5,12,14,17H,3,6-11,13,21H2. The number of hydrogen-bond donors (Lipinski definition) is 1. The summed E-state index contributed by atoms with van der Waals surface area (Å²) in [5.41, 5.74) is 7.07. The first-order valence-corrected chi connectivity index (χ1v) is 9.42. The number of amides is 1. The van der Waals surface area contributed by atoms with Crippen LogP contribution in [-0.2, 0) is 11.3 Å². The Morgan fingerprint density at radius 2 is 2.08 bits per heavy atom. The number of ether oxygens (including phenoxy) is 1. The zero-order valence-corrected chi connectivity index (χ0v) is 15.6. The van der Waals surface area contributed by atoms with Crippen LogP contribution in [0, 0.1) is 0 Å². The summed E-state index contributed by atoms with van der Waals surface area (Å²) in [5.74, 6) is 0.0239. The average molecular weight is 377 g/mol. The molecular weight excluding hydrogens is 352 g/mol. The molecule has 0 atom stereocenters. The molecule has 2 heterocycles. The van der Waals surface area contributed by atoms with Gasteiger partial charge in [-0.15, -0.1) is 0 Å². The first-order chi connectivity index (χ1) is 12.7. The second-order valence-corrected chi connectivity index (χ2v) is 6.93. The van der Waals surface area contributed by atoms with Crippen LogP contribution < -0.4 is 5.73 Å². The minimum atomic E-state index is 0.0239. The molecule has 0 saturated carbocycles. The van der Waals surface area contributed by atoms with Crippen molar-refractivity contribution in [1.29, 1.82) is 0 Å². The highest BCUT2D eigenvalue weighted by Crippen LogP contribution is 2.18. The van der Waals surface area contributed by atoms with Gasteiger partial charge in [0.15, 0.2) is 0 Å². The molecule has 140 valence electrons. The number of carbonyl (C=O) groups is 1. The van der Waals surface area contributed by atoms with Gasteiger partial charge >= 0.3 is 0 Å². The number of rotatable bonds is 7. The van der Waals surface area contributed by atoms with Crippen LogP contribution in [0.15, 0.2) is 36.7 Å². The average Bonchev–Trinajstić information content (AvgIpc) is 3.12. The summed E-state index contributed by atoms with van der Waals surface area (Å²) in [7, 11) is 0. The van der Waals surface area contributed by atoms with E-state index in [-0.39, 0.29) is 12.0 Å². The van der Waals surface area contributed by atoms with Crippen LogP contribution in [0.3, 0.4) is 0 Å². The fourth-order valence-electron chi connectivity index (χ4n) is 3.10. The van der Waals surface area contributed by atoms with Gasteiger partial charge in [-0.2, -0.15) is 5.10 Å². The molecule has 0 aliphatic carbocycles. The van der Waals surface area contributed by atoms with E-state index in [1.54, 1.807) is 17.1 Å². The number of piperidine rings is 1. The van der Waals surface area contributed by atoms with E-state index in [1.165, 1.54) is 0 Å². The quantitative estimate of drug-likeness (QED) is 0.754. The minimum absolute atomic E-state index is 0.0239. The SMILES string of the molecule is NCCCOC1CCN(C(=O)c2cnn(Cc3ccccc3Cl)c2)CC1. The van der Waals surface area contributed by atoms with Crippen LogP contribution in [0.2, 0.25) is 5.02 Å². The van der Waals surface area contributed by atoms with Crippen molar-refractivity contribution >= 4 is 17.5 Å². The normalized spacial score (nSPS) is 15.4. The molecule has 1 saturated heterocycles. The molecule has 7 heteroatoms. The maximum Gasteiger partial charge on any atom is 0.257 e. The lowest BCUT2D eigenvalue weighted by atomic mass is 10.1. The second-order valence-electron chi connectivity index (χ2n) is 6.52. The van der Waals surface area contributed by atoms with E-state index in [4.69, 9.17) is 22.1 Å².